The van der Waals surface area contributed by atoms with Crippen molar-refractivity contribution in [3.05, 3.63) is 75.6 Å². The number of aliphatic hydroxyl groups is 1. The first-order valence-corrected chi connectivity index (χ1v) is 9.88. The lowest BCUT2D eigenvalue weighted by atomic mass is 10.1. The van der Waals surface area contributed by atoms with Crippen molar-refractivity contribution in [3.63, 3.8) is 0 Å². The molecule has 0 fully saturated rings. The number of benzene rings is 1. The first-order valence-electron chi connectivity index (χ1n) is 9.88. The molecule has 0 bridgehead atoms. The minimum atomic E-state index is -0.803. The minimum absolute atomic E-state index is 0.267. The molecule has 10 nitrogen and oxygen atoms in total. The molecule has 0 saturated carbocycles. The third-order valence-electron chi connectivity index (χ3n) is 4.93. The van der Waals surface area contributed by atoms with Gasteiger partial charge in [-0.2, -0.15) is 0 Å². The van der Waals surface area contributed by atoms with Gasteiger partial charge in [-0.25, -0.2) is 4.98 Å². The Hall–Kier alpha value is -4.05. The maximum absolute atomic E-state index is 12.6. The van der Waals surface area contributed by atoms with Gasteiger partial charge in [0.05, 0.1) is 29.6 Å². The van der Waals surface area contributed by atoms with Crippen LogP contribution in [0.2, 0.25) is 0 Å². The van der Waals surface area contributed by atoms with Crippen LogP contribution in [-0.2, 0) is 0 Å². The van der Waals surface area contributed by atoms with Gasteiger partial charge in [0.25, 0.3) is 5.56 Å². The van der Waals surface area contributed by atoms with E-state index in [9.17, 15) is 20.0 Å². The number of nitrogens with one attached hydrogen (secondary N) is 1. The average Bonchev–Trinajstić information content (AvgIpc) is 3.14. The minimum Gasteiger partial charge on any atom is -0.493 e. The van der Waals surface area contributed by atoms with Gasteiger partial charge in [0.1, 0.15) is 5.75 Å². The number of hydrogen-bond donors (Lipinski definition) is 2. The van der Waals surface area contributed by atoms with Gasteiger partial charge in [0, 0.05) is 24.2 Å². The molecule has 2 N–H and O–H groups in total. The van der Waals surface area contributed by atoms with E-state index >= 15 is 0 Å². The van der Waals surface area contributed by atoms with Crippen molar-refractivity contribution < 1.29 is 14.8 Å². The van der Waals surface area contributed by atoms with Crippen LogP contribution in [0.5, 0.6) is 5.75 Å². The maximum atomic E-state index is 12.6. The third-order valence-corrected chi connectivity index (χ3v) is 4.93. The van der Waals surface area contributed by atoms with Crippen molar-refractivity contribution in [2.75, 3.05) is 6.61 Å². The van der Waals surface area contributed by atoms with Crippen molar-refractivity contribution >= 4 is 16.9 Å². The molecule has 10 heteroatoms. The summed E-state index contributed by atoms with van der Waals surface area (Å²) in [5.74, 6) is 0.379. The molecule has 0 atom stereocenters. The average molecular weight is 435 g/mol. The number of aromatic amines is 1. The molecule has 164 valence electrons. The Kier molecular flexibility index (Phi) is 5.45. The second-order valence-corrected chi connectivity index (χ2v) is 7.91. The molecule has 0 aliphatic heterocycles. The first kappa shape index (κ1) is 21.2. The van der Waals surface area contributed by atoms with Gasteiger partial charge in [0.15, 0.2) is 11.8 Å². The van der Waals surface area contributed by atoms with Crippen molar-refractivity contribution in [2.24, 2.45) is 0 Å². The summed E-state index contributed by atoms with van der Waals surface area (Å²) in [7, 11) is 0. The molecule has 0 aliphatic carbocycles. The smallest absolute Gasteiger partial charge is 0.363 e. The fourth-order valence-electron chi connectivity index (χ4n) is 3.26. The summed E-state index contributed by atoms with van der Waals surface area (Å²) in [6.45, 7) is 3.82. The van der Waals surface area contributed by atoms with Crippen molar-refractivity contribution in [1.82, 2.24) is 19.5 Å². The second kappa shape index (κ2) is 8.23. The molecule has 4 aromatic rings. The Bertz CT molecular complexity index is 1320. The third kappa shape index (κ3) is 4.35. The molecule has 4 rings (SSSR count). The van der Waals surface area contributed by atoms with E-state index in [0.717, 1.165) is 5.56 Å². The van der Waals surface area contributed by atoms with Crippen LogP contribution >= 0.6 is 0 Å². The number of nitrogens with zero attached hydrogens (tertiary/aromatic N) is 4. The number of H-pyrrole nitrogens is 1. The van der Waals surface area contributed by atoms with Gasteiger partial charge in [-0.15, -0.1) is 0 Å². The lowest BCUT2D eigenvalue weighted by molar-refractivity contribution is -0.389. The molecule has 0 amide bonds. The summed E-state index contributed by atoms with van der Waals surface area (Å²) < 4.78 is 7.35. The maximum Gasteiger partial charge on any atom is 0.363 e. The Balaban J connectivity index is 1.70. The summed E-state index contributed by atoms with van der Waals surface area (Å²) in [5.41, 5.74) is 1.26. The van der Waals surface area contributed by atoms with Crippen molar-refractivity contribution in [3.8, 4) is 22.6 Å². The number of ether oxygens (including phenoxy) is 1. The van der Waals surface area contributed by atoms with E-state index in [1.54, 1.807) is 42.8 Å². The zero-order chi connectivity index (χ0) is 22.9. The van der Waals surface area contributed by atoms with Crippen LogP contribution in [0.25, 0.3) is 27.8 Å². The van der Waals surface area contributed by atoms with E-state index < -0.39 is 10.5 Å². The molecule has 32 heavy (non-hydrogen) atoms. The van der Waals surface area contributed by atoms with E-state index in [4.69, 9.17) is 4.74 Å². The highest BCUT2D eigenvalue weighted by Gasteiger charge is 2.18. The topological polar surface area (TPSA) is 136 Å². The van der Waals surface area contributed by atoms with Gasteiger partial charge >= 0.3 is 5.82 Å². The van der Waals surface area contributed by atoms with E-state index in [1.165, 1.54) is 18.6 Å². The number of aromatic nitrogens is 4. The molecule has 0 saturated heterocycles. The predicted octanol–water partition coefficient (Wildman–Crippen LogP) is 3.22. The van der Waals surface area contributed by atoms with Gasteiger partial charge < -0.3 is 24.9 Å². The fourth-order valence-corrected chi connectivity index (χ4v) is 3.26. The summed E-state index contributed by atoms with van der Waals surface area (Å²) in [6.07, 6.45) is 4.92. The Morgan fingerprint density at radius 1 is 1.19 bits per heavy atom. The highest BCUT2D eigenvalue weighted by atomic mass is 16.6. The highest BCUT2D eigenvalue weighted by molar-refractivity contribution is 5.94. The van der Waals surface area contributed by atoms with Crippen LogP contribution in [-0.4, -0.2) is 41.8 Å². The van der Waals surface area contributed by atoms with Gasteiger partial charge in [-0.1, -0.05) is 12.1 Å². The summed E-state index contributed by atoms with van der Waals surface area (Å²) in [6, 6.07) is 10.1. The molecule has 1 aromatic carbocycles. The van der Waals surface area contributed by atoms with Crippen LogP contribution in [0.1, 0.15) is 20.3 Å². The zero-order valence-electron chi connectivity index (χ0n) is 17.5. The molecule has 0 aliphatic rings. The fraction of sp³-hybridized carbons (Fsp3) is 0.227. The van der Waals surface area contributed by atoms with E-state index in [0.29, 0.717) is 41.1 Å². The zero-order valence-corrected chi connectivity index (χ0v) is 17.5. The predicted molar refractivity (Wildman–Crippen MR) is 118 cm³/mol. The molecular formula is C22H21N5O5. The Labute approximate surface area is 182 Å². The lowest BCUT2D eigenvalue weighted by Crippen LogP contribution is -2.21. The number of fused-ring (bicyclic) bond motifs is 1. The second-order valence-electron chi connectivity index (χ2n) is 7.91. The van der Waals surface area contributed by atoms with Crippen LogP contribution in [0.15, 0.2) is 59.9 Å². The van der Waals surface area contributed by atoms with E-state index in [-0.39, 0.29) is 11.4 Å². The number of pyridine rings is 1. The van der Waals surface area contributed by atoms with Gasteiger partial charge in [-0.3, -0.25) is 9.36 Å². The Morgan fingerprint density at radius 2 is 1.94 bits per heavy atom. The SMILES string of the molecule is CC(C)(O)CCOc1ccc(-c2cn(-c3ccc([N+](=O)[O-])nc3)c3nc[nH]c(=O)c23)cc1. The number of rotatable bonds is 7. The number of nitro groups is 1. The molecule has 0 unspecified atom stereocenters. The van der Waals surface area contributed by atoms with Crippen LogP contribution in [0, 0.1) is 10.1 Å². The molecule has 3 heterocycles. The van der Waals surface area contributed by atoms with E-state index in [2.05, 4.69) is 15.0 Å². The first-order chi connectivity index (χ1) is 15.2. The van der Waals surface area contributed by atoms with E-state index in [1.807, 2.05) is 12.1 Å². The quantitative estimate of drug-likeness (QED) is 0.336. The van der Waals surface area contributed by atoms with Crippen molar-refractivity contribution in [2.45, 2.75) is 25.9 Å². The standard InChI is InChI=1S/C22H21N5O5/c1-22(2,29)9-10-32-16-6-3-14(4-7-16)17-12-26(20-19(17)21(28)25-13-24-20)15-5-8-18(23-11-15)27(30)31/h3-8,11-13,29H,9-10H2,1-2H3,(H,24,25,28). The molecular weight excluding hydrogens is 414 g/mol. The largest absolute Gasteiger partial charge is 0.493 e. The molecule has 0 spiro atoms. The monoisotopic (exact) mass is 435 g/mol. The van der Waals surface area contributed by atoms with Gasteiger partial charge in [-0.05, 0) is 47.5 Å². The molecule has 3 aromatic heterocycles. The van der Waals surface area contributed by atoms with Gasteiger partial charge in [0.2, 0.25) is 0 Å². The van der Waals surface area contributed by atoms with Crippen LogP contribution < -0.4 is 10.3 Å². The summed E-state index contributed by atoms with van der Waals surface area (Å²) >= 11 is 0. The lowest BCUT2D eigenvalue weighted by Gasteiger charge is -2.17. The molecule has 0 radical (unpaired) electrons. The Morgan fingerprint density at radius 3 is 2.56 bits per heavy atom. The number of hydrogen-bond acceptors (Lipinski definition) is 7. The van der Waals surface area contributed by atoms with Crippen LogP contribution in [0.3, 0.4) is 0 Å². The summed E-state index contributed by atoms with van der Waals surface area (Å²) in [4.78, 5) is 33.7. The van der Waals surface area contributed by atoms with Crippen LogP contribution in [0.4, 0.5) is 5.82 Å². The normalized spacial score (nSPS) is 11.6. The van der Waals surface area contributed by atoms with Crippen molar-refractivity contribution in [1.29, 1.82) is 0 Å². The highest BCUT2D eigenvalue weighted by Crippen LogP contribution is 2.30. The summed E-state index contributed by atoms with van der Waals surface area (Å²) in [5, 5.41) is 21.1.